The number of rotatable bonds is 9. The number of benzene rings is 2. The number of hydrogen-bond donors (Lipinski definition) is 3. The molecule has 2 aliphatic heterocycles. The molecule has 164 valence electrons. The SMILES string of the molecule is CC(NC(=O)CCCC[C@@H]1SC[C@@H]2NC(=O)N[C@@H]21)C(c1ccccc1)c1ccccc1. The van der Waals surface area contributed by atoms with E-state index in [9.17, 15) is 9.59 Å². The van der Waals surface area contributed by atoms with Gasteiger partial charge in [0, 0.05) is 29.4 Å². The monoisotopic (exact) mass is 437 g/mol. The Morgan fingerprint density at radius 2 is 1.68 bits per heavy atom. The number of carbonyl (C=O) groups excluding carboxylic acids is 2. The summed E-state index contributed by atoms with van der Waals surface area (Å²) >= 11 is 1.93. The molecule has 5 nitrogen and oxygen atoms in total. The van der Waals surface area contributed by atoms with Crippen LogP contribution in [0.3, 0.4) is 0 Å². The second-order valence-electron chi connectivity index (χ2n) is 8.52. The van der Waals surface area contributed by atoms with Gasteiger partial charge in [-0.15, -0.1) is 0 Å². The van der Waals surface area contributed by atoms with E-state index in [0.29, 0.717) is 11.7 Å². The third kappa shape index (κ3) is 5.42. The van der Waals surface area contributed by atoms with Crippen LogP contribution in [0.1, 0.15) is 49.7 Å². The Labute approximate surface area is 188 Å². The number of hydrogen-bond acceptors (Lipinski definition) is 3. The number of unbranched alkanes of at least 4 members (excludes halogenated alkanes) is 1. The molecule has 2 heterocycles. The van der Waals surface area contributed by atoms with Crippen molar-refractivity contribution < 1.29 is 9.59 Å². The Morgan fingerprint density at radius 3 is 2.32 bits per heavy atom. The molecule has 31 heavy (non-hydrogen) atoms. The molecule has 1 unspecified atom stereocenters. The zero-order valence-corrected chi connectivity index (χ0v) is 18.7. The van der Waals surface area contributed by atoms with Crippen molar-refractivity contribution in [2.45, 2.75) is 61.9 Å². The third-order valence-corrected chi connectivity index (χ3v) is 7.80. The van der Waals surface area contributed by atoms with Crippen LogP contribution in [0.25, 0.3) is 0 Å². The van der Waals surface area contributed by atoms with Crippen molar-refractivity contribution >= 4 is 23.7 Å². The summed E-state index contributed by atoms with van der Waals surface area (Å²) in [4.78, 5) is 24.2. The van der Waals surface area contributed by atoms with Crippen LogP contribution in [0.2, 0.25) is 0 Å². The molecule has 0 bridgehead atoms. The van der Waals surface area contributed by atoms with Gasteiger partial charge in [0.05, 0.1) is 12.1 Å². The molecule has 3 amide bonds. The minimum Gasteiger partial charge on any atom is -0.353 e. The fourth-order valence-electron chi connectivity index (χ4n) is 4.77. The number of carbonyl (C=O) groups is 2. The maximum atomic E-state index is 12.7. The minimum absolute atomic E-state index is 0.00298. The topological polar surface area (TPSA) is 70.2 Å². The van der Waals surface area contributed by atoms with Crippen molar-refractivity contribution in [3.63, 3.8) is 0 Å². The van der Waals surface area contributed by atoms with Gasteiger partial charge < -0.3 is 16.0 Å². The van der Waals surface area contributed by atoms with E-state index in [0.717, 1.165) is 25.0 Å². The average molecular weight is 438 g/mol. The number of thioether (sulfide) groups is 1. The zero-order chi connectivity index (χ0) is 21.6. The highest BCUT2D eigenvalue weighted by atomic mass is 32.2. The number of urea groups is 1. The van der Waals surface area contributed by atoms with Gasteiger partial charge >= 0.3 is 6.03 Å². The molecule has 0 aromatic heterocycles. The molecule has 2 saturated heterocycles. The lowest BCUT2D eigenvalue weighted by Crippen LogP contribution is -2.37. The Morgan fingerprint density at radius 1 is 1.03 bits per heavy atom. The number of amides is 3. The van der Waals surface area contributed by atoms with E-state index in [4.69, 9.17) is 0 Å². The largest absolute Gasteiger partial charge is 0.353 e. The molecular weight excluding hydrogens is 406 g/mol. The van der Waals surface area contributed by atoms with Gasteiger partial charge in [-0.2, -0.15) is 11.8 Å². The molecule has 2 aliphatic rings. The molecule has 4 rings (SSSR count). The smallest absolute Gasteiger partial charge is 0.315 e. The first-order valence-electron chi connectivity index (χ1n) is 11.2. The molecule has 4 atom stereocenters. The lowest BCUT2D eigenvalue weighted by Gasteiger charge is -2.26. The van der Waals surface area contributed by atoms with Crippen LogP contribution in [0, 0.1) is 0 Å². The van der Waals surface area contributed by atoms with Gasteiger partial charge in [-0.25, -0.2) is 4.79 Å². The molecule has 0 spiro atoms. The summed E-state index contributed by atoms with van der Waals surface area (Å²) in [6.07, 6.45) is 3.44. The molecular formula is C25H31N3O2S. The van der Waals surface area contributed by atoms with Gasteiger partial charge in [0.2, 0.25) is 5.91 Å². The average Bonchev–Trinajstić information content (AvgIpc) is 3.32. The lowest BCUT2D eigenvalue weighted by molar-refractivity contribution is -0.121. The normalized spacial score (nSPS) is 23.2. The first-order valence-corrected chi connectivity index (χ1v) is 12.2. The van der Waals surface area contributed by atoms with Gasteiger partial charge in [0.25, 0.3) is 0 Å². The summed E-state index contributed by atoms with van der Waals surface area (Å²) in [6, 6.07) is 21.2. The van der Waals surface area contributed by atoms with E-state index in [1.807, 2.05) is 48.2 Å². The predicted octanol–water partition coefficient (Wildman–Crippen LogP) is 4.05. The van der Waals surface area contributed by atoms with Crippen molar-refractivity contribution in [2.75, 3.05) is 5.75 Å². The molecule has 0 saturated carbocycles. The van der Waals surface area contributed by atoms with Gasteiger partial charge in [0.1, 0.15) is 0 Å². The Balaban J connectivity index is 1.26. The highest BCUT2D eigenvalue weighted by Crippen LogP contribution is 2.33. The number of fused-ring (bicyclic) bond motifs is 1. The van der Waals surface area contributed by atoms with Crippen LogP contribution in [0.5, 0.6) is 0 Å². The van der Waals surface area contributed by atoms with Crippen LogP contribution in [-0.2, 0) is 4.79 Å². The van der Waals surface area contributed by atoms with E-state index < -0.39 is 0 Å². The highest BCUT2D eigenvalue weighted by molar-refractivity contribution is 8.00. The Bertz CT molecular complexity index is 837. The second-order valence-corrected chi connectivity index (χ2v) is 9.80. The Hall–Kier alpha value is -2.47. The third-order valence-electron chi connectivity index (χ3n) is 6.29. The van der Waals surface area contributed by atoms with Crippen molar-refractivity contribution in [3.8, 4) is 0 Å². The van der Waals surface area contributed by atoms with E-state index in [1.54, 1.807) is 0 Å². The van der Waals surface area contributed by atoms with Crippen LogP contribution in [0.4, 0.5) is 4.79 Å². The summed E-state index contributed by atoms with van der Waals surface area (Å²) in [6.45, 7) is 2.09. The van der Waals surface area contributed by atoms with E-state index in [-0.39, 0.29) is 36.0 Å². The van der Waals surface area contributed by atoms with Crippen molar-refractivity contribution in [1.29, 1.82) is 0 Å². The van der Waals surface area contributed by atoms with Gasteiger partial charge in [-0.3, -0.25) is 4.79 Å². The first kappa shape index (κ1) is 21.8. The van der Waals surface area contributed by atoms with Crippen LogP contribution in [-0.4, -0.2) is 41.1 Å². The highest BCUT2D eigenvalue weighted by Gasteiger charge is 2.42. The molecule has 6 heteroatoms. The second kappa shape index (κ2) is 10.2. The molecule has 2 aromatic carbocycles. The molecule has 2 aromatic rings. The fraction of sp³-hybridized carbons (Fsp3) is 0.440. The van der Waals surface area contributed by atoms with Crippen molar-refractivity contribution in [1.82, 2.24) is 16.0 Å². The summed E-state index contributed by atoms with van der Waals surface area (Å²) in [5.41, 5.74) is 2.42. The summed E-state index contributed by atoms with van der Waals surface area (Å²) in [5, 5.41) is 9.70. The molecule has 3 N–H and O–H groups in total. The molecule has 2 fully saturated rings. The maximum absolute atomic E-state index is 12.7. The van der Waals surface area contributed by atoms with E-state index in [2.05, 4.69) is 47.1 Å². The van der Waals surface area contributed by atoms with Crippen LogP contribution >= 0.6 is 11.8 Å². The quantitative estimate of drug-likeness (QED) is 0.409. The van der Waals surface area contributed by atoms with Crippen molar-refractivity contribution in [2.24, 2.45) is 0 Å². The summed E-state index contributed by atoms with van der Waals surface area (Å²) in [7, 11) is 0. The van der Waals surface area contributed by atoms with Crippen LogP contribution in [0.15, 0.2) is 60.7 Å². The number of nitrogens with one attached hydrogen (secondary N) is 3. The minimum atomic E-state index is -0.0416. The standard InChI is InChI=1S/C25H31N3O2S/c1-17(23(18-10-4-2-5-11-18)19-12-6-3-7-13-19)26-22(29)15-9-8-14-21-24-20(16-31-21)27-25(30)28-24/h2-7,10-13,17,20-21,23-24H,8-9,14-16H2,1H3,(H,26,29)(H2,27,28,30)/t17?,20-,21-,24-/m0/s1. The zero-order valence-electron chi connectivity index (χ0n) is 17.9. The van der Waals surface area contributed by atoms with E-state index >= 15 is 0 Å². The fourth-order valence-corrected chi connectivity index (χ4v) is 6.32. The summed E-state index contributed by atoms with van der Waals surface area (Å²) in [5.74, 6) is 1.21. The molecule has 0 aliphatic carbocycles. The van der Waals surface area contributed by atoms with Gasteiger partial charge in [-0.1, -0.05) is 67.1 Å². The molecule has 0 radical (unpaired) electrons. The van der Waals surface area contributed by atoms with Crippen molar-refractivity contribution in [3.05, 3.63) is 71.8 Å². The first-order chi connectivity index (χ1) is 15.1. The maximum Gasteiger partial charge on any atom is 0.315 e. The predicted molar refractivity (Wildman–Crippen MR) is 126 cm³/mol. The lowest BCUT2D eigenvalue weighted by atomic mass is 9.85. The van der Waals surface area contributed by atoms with E-state index in [1.165, 1.54) is 11.1 Å². The summed E-state index contributed by atoms with van der Waals surface area (Å²) < 4.78 is 0. The van der Waals surface area contributed by atoms with Gasteiger partial charge in [-0.05, 0) is 30.9 Å². The van der Waals surface area contributed by atoms with Crippen LogP contribution < -0.4 is 16.0 Å². The Kier molecular flexibility index (Phi) is 7.17. The van der Waals surface area contributed by atoms with Gasteiger partial charge in [0.15, 0.2) is 0 Å².